The van der Waals surface area contributed by atoms with Crippen LogP contribution in [0.1, 0.15) is 41.4 Å². The fourth-order valence-electron chi connectivity index (χ4n) is 3.93. The summed E-state index contributed by atoms with van der Waals surface area (Å²) in [5, 5.41) is 3.61. The zero-order chi connectivity index (χ0) is 28.4. The molecule has 0 saturated carbocycles. The van der Waals surface area contributed by atoms with E-state index in [0.717, 1.165) is 11.3 Å². The van der Waals surface area contributed by atoms with Crippen LogP contribution in [-0.2, 0) is 21.9 Å². The molecule has 0 radical (unpaired) electrons. The van der Waals surface area contributed by atoms with Gasteiger partial charge in [0.05, 0.1) is 41.7 Å². The van der Waals surface area contributed by atoms with Crippen LogP contribution in [0.3, 0.4) is 0 Å². The Balaban J connectivity index is 1.43. The van der Waals surface area contributed by atoms with Crippen molar-refractivity contribution in [3.63, 3.8) is 0 Å². The van der Waals surface area contributed by atoms with Gasteiger partial charge in [0.2, 0.25) is 0 Å². The molecule has 1 aromatic carbocycles. The van der Waals surface area contributed by atoms with Gasteiger partial charge in [0.25, 0.3) is 5.91 Å². The van der Waals surface area contributed by atoms with Crippen molar-refractivity contribution in [2.45, 2.75) is 32.1 Å². The third-order valence-electron chi connectivity index (χ3n) is 5.92. The molecule has 4 rings (SSSR count). The van der Waals surface area contributed by atoms with E-state index in [0.29, 0.717) is 50.5 Å². The van der Waals surface area contributed by atoms with Gasteiger partial charge in [-0.05, 0) is 38.0 Å². The number of nitrogens with zero attached hydrogens (tertiary/aromatic N) is 4. The number of hydrogen-bond acceptors (Lipinski definition) is 8. The van der Waals surface area contributed by atoms with Crippen molar-refractivity contribution in [2.75, 3.05) is 29.9 Å². The number of hydrogen-bond donors (Lipinski definition) is 1. The normalized spacial score (nSPS) is 14.8. The van der Waals surface area contributed by atoms with Crippen molar-refractivity contribution in [1.29, 1.82) is 0 Å². The highest BCUT2D eigenvalue weighted by atomic mass is 32.1. The van der Waals surface area contributed by atoms with E-state index in [-0.39, 0.29) is 34.5 Å². The van der Waals surface area contributed by atoms with Gasteiger partial charge in [-0.15, -0.1) is 11.3 Å². The lowest BCUT2D eigenvalue weighted by Crippen LogP contribution is -2.37. The van der Waals surface area contributed by atoms with Crippen LogP contribution in [0.25, 0.3) is 11.3 Å². The highest BCUT2D eigenvalue weighted by Gasteiger charge is 2.37. The molecule has 0 bridgehead atoms. The summed E-state index contributed by atoms with van der Waals surface area (Å²) in [5.41, 5.74) is -3.57. The Kier molecular flexibility index (Phi) is 8.09. The maximum Gasteiger partial charge on any atom is 0.416 e. The third-order valence-corrected chi connectivity index (χ3v) is 6.68. The van der Waals surface area contributed by atoms with E-state index in [1.54, 1.807) is 6.92 Å². The van der Waals surface area contributed by atoms with Gasteiger partial charge < -0.3 is 9.64 Å². The number of amides is 1. The predicted molar refractivity (Wildman–Crippen MR) is 129 cm³/mol. The first-order valence-electron chi connectivity index (χ1n) is 11.7. The molecule has 0 unspecified atom stereocenters. The second kappa shape index (κ2) is 11.2. The second-order valence-electron chi connectivity index (χ2n) is 8.56. The molecule has 39 heavy (non-hydrogen) atoms. The van der Waals surface area contributed by atoms with Gasteiger partial charge in [0, 0.05) is 24.0 Å². The van der Waals surface area contributed by atoms with Gasteiger partial charge >= 0.3 is 18.3 Å². The minimum absolute atomic E-state index is 0.0313. The first-order valence-corrected chi connectivity index (χ1v) is 12.5. The molecule has 1 saturated heterocycles. The van der Waals surface area contributed by atoms with Gasteiger partial charge in [-0.1, -0.05) is 0 Å². The first kappa shape index (κ1) is 28.3. The van der Waals surface area contributed by atoms with Crippen LogP contribution in [0.5, 0.6) is 0 Å². The summed E-state index contributed by atoms with van der Waals surface area (Å²) in [4.78, 5) is 38.7. The molecule has 1 aliphatic heterocycles. The number of aromatic nitrogens is 3. The van der Waals surface area contributed by atoms with Crippen LogP contribution < -0.4 is 10.2 Å². The molecule has 2 aromatic heterocycles. The summed E-state index contributed by atoms with van der Waals surface area (Å²) in [6.07, 6.45) is -6.18. The van der Waals surface area contributed by atoms with E-state index >= 15 is 0 Å². The monoisotopic (exact) mass is 573 g/mol. The topological polar surface area (TPSA) is 97.3 Å². The maximum absolute atomic E-state index is 13.2. The lowest BCUT2D eigenvalue weighted by atomic mass is 9.97. The van der Waals surface area contributed by atoms with Crippen LogP contribution in [0.2, 0.25) is 0 Å². The molecule has 8 nitrogen and oxygen atoms in total. The average molecular weight is 574 g/mol. The molecular weight excluding hydrogens is 552 g/mol. The van der Waals surface area contributed by atoms with E-state index in [1.165, 1.54) is 17.8 Å². The van der Waals surface area contributed by atoms with E-state index < -0.39 is 35.0 Å². The molecular formula is C24H21F6N5O3S. The van der Waals surface area contributed by atoms with Crippen molar-refractivity contribution >= 4 is 34.2 Å². The van der Waals surface area contributed by atoms with E-state index in [2.05, 4.69) is 20.3 Å². The summed E-state index contributed by atoms with van der Waals surface area (Å²) >= 11 is 0.826. The van der Waals surface area contributed by atoms with Gasteiger partial charge in [-0.3, -0.25) is 14.9 Å². The van der Waals surface area contributed by atoms with Crippen LogP contribution >= 0.6 is 11.3 Å². The maximum atomic E-state index is 13.2. The minimum atomic E-state index is -5.00. The van der Waals surface area contributed by atoms with Gasteiger partial charge in [-0.25, -0.2) is 15.0 Å². The van der Waals surface area contributed by atoms with Crippen molar-refractivity contribution in [3.8, 4) is 11.3 Å². The largest absolute Gasteiger partial charge is 0.466 e. The summed E-state index contributed by atoms with van der Waals surface area (Å²) in [5.74, 6) is -0.612. The zero-order valence-electron chi connectivity index (χ0n) is 20.3. The standard InChI is InChI=1S/C24H21F6N5O3S/c1-2-38-21(37)13-3-5-35(6-4-13)19-11-31-17(10-32-19)20(36)34-22-33-18(12-39-22)14-7-15(23(25,26)27)9-16(8-14)24(28,29)30/h7-13H,2-6H2,1H3,(H,33,34,36). The van der Waals surface area contributed by atoms with E-state index in [1.807, 2.05) is 4.90 Å². The fraction of sp³-hybridized carbons (Fsp3) is 0.375. The Hall–Kier alpha value is -3.75. The number of piperidine rings is 1. The second-order valence-corrected chi connectivity index (χ2v) is 9.42. The number of benzene rings is 1. The molecule has 3 aromatic rings. The van der Waals surface area contributed by atoms with Crippen LogP contribution in [0, 0.1) is 5.92 Å². The summed E-state index contributed by atoms with van der Waals surface area (Å²) < 4.78 is 84.0. The Morgan fingerprint density at radius 2 is 1.67 bits per heavy atom. The molecule has 208 valence electrons. The van der Waals surface area contributed by atoms with Crippen molar-refractivity contribution in [1.82, 2.24) is 15.0 Å². The first-order chi connectivity index (χ1) is 18.3. The van der Waals surface area contributed by atoms with Crippen LogP contribution in [0.15, 0.2) is 36.0 Å². The Labute approximate surface area is 222 Å². The summed E-state index contributed by atoms with van der Waals surface area (Å²) in [6.45, 7) is 3.17. The molecule has 0 atom stereocenters. The molecule has 3 heterocycles. The number of carbonyl (C=O) groups is 2. The molecule has 1 N–H and O–H groups in total. The van der Waals surface area contributed by atoms with Gasteiger partial charge in [0.1, 0.15) is 11.5 Å². The van der Waals surface area contributed by atoms with E-state index in [4.69, 9.17) is 4.74 Å². The number of nitrogens with one attached hydrogen (secondary N) is 1. The van der Waals surface area contributed by atoms with Crippen molar-refractivity contribution in [2.24, 2.45) is 5.92 Å². The molecule has 15 heteroatoms. The quantitative estimate of drug-likeness (QED) is 0.300. The highest BCUT2D eigenvalue weighted by molar-refractivity contribution is 7.14. The number of anilines is 2. The van der Waals surface area contributed by atoms with Crippen molar-refractivity contribution < 1.29 is 40.7 Å². The van der Waals surface area contributed by atoms with Crippen molar-refractivity contribution in [3.05, 3.63) is 52.8 Å². The average Bonchev–Trinajstić information content (AvgIpc) is 3.36. The minimum Gasteiger partial charge on any atom is -0.466 e. The fourth-order valence-corrected chi connectivity index (χ4v) is 4.65. The SMILES string of the molecule is CCOC(=O)C1CCN(c2cnc(C(=O)Nc3nc(-c4cc(C(F)(F)F)cc(C(F)(F)F)c4)cs3)cn2)CC1. The molecule has 1 aliphatic rings. The number of esters is 1. The Bertz CT molecular complexity index is 1300. The highest BCUT2D eigenvalue weighted by Crippen LogP contribution is 2.39. The molecule has 0 spiro atoms. The number of carbonyl (C=O) groups excluding carboxylic acids is 2. The number of thiazole rings is 1. The van der Waals surface area contributed by atoms with E-state index in [9.17, 15) is 35.9 Å². The summed E-state index contributed by atoms with van der Waals surface area (Å²) in [6, 6.07) is 1.16. The molecule has 1 amide bonds. The lowest BCUT2D eigenvalue weighted by molar-refractivity contribution is -0.148. The molecule has 1 fully saturated rings. The number of halogens is 6. The Morgan fingerprint density at radius 3 is 2.21 bits per heavy atom. The smallest absolute Gasteiger partial charge is 0.416 e. The van der Waals surface area contributed by atoms with Gasteiger partial charge in [-0.2, -0.15) is 26.3 Å². The predicted octanol–water partition coefficient (Wildman–Crippen LogP) is 5.67. The third kappa shape index (κ3) is 6.82. The summed E-state index contributed by atoms with van der Waals surface area (Å²) in [7, 11) is 0. The zero-order valence-corrected chi connectivity index (χ0v) is 21.1. The number of alkyl halides is 6. The van der Waals surface area contributed by atoms with Crippen LogP contribution in [-0.4, -0.2) is 46.5 Å². The number of ether oxygens (including phenoxy) is 1. The van der Waals surface area contributed by atoms with Crippen LogP contribution in [0.4, 0.5) is 37.3 Å². The number of rotatable bonds is 6. The lowest BCUT2D eigenvalue weighted by Gasteiger charge is -2.31. The Morgan fingerprint density at radius 1 is 1.03 bits per heavy atom. The molecule has 0 aliphatic carbocycles. The van der Waals surface area contributed by atoms with Gasteiger partial charge in [0.15, 0.2) is 5.13 Å².